The summed E-state index contributed by atoms with van der Waals surface area (Å²) in [6, 6.07) is 63.9. The van der Waals surface area contributed by atoms with Crippen LogP contribution in [0.3, 0.4) is 0 Å². The van der Waals surface area contributed by atoms with Gasteiger partial charge in [0.2, 0.25) is 0 Å². The largest absolute Gasteiger partial charge is 0.309 e. The molecule has 234 valence electrons. The quantitative estimate of drug-likeness (QED) is 0.139. The zero-order valence-electron chi connectivity index (χ0n) is 27.6. The lowest BCUT2D eigenvalue weighted by atomic mass is 9.83. The first-order chi connectivity index (χ1) is 25.3. The smallest absolute Gasteiger partial charge is 0.0992 e. The monoisotopic (exact) mass is 644 g/mol. The predicted molar refractivity (Wildman–Crippen MR) is 215 cm³/mol. The summed E-state index contributed by atoms with van der Waals surface area (Å²) in [6.45, 7) is 0. The van der Waals surface area contributed by atoms with Crippen molar-refractivity contribution >= 4 is 75.7 Å². The first kappa shape index (κ1) is 27.9. The molecule has 2 heteroatoms. The molecule has 0 saturated carbocycles. The van der Waals surface area contributed by atoms with E-state index in [4.69, 9.17) is 0 Å². The number of aromatic nitrogens is 1. The molecular weight excluding hydrogens is 617 g/mol. The number of benzene rings is 10. The van der Waals surface area contributed by atoms with Crippen LogP contribution in [-0.2, 0) is 0 Å². The second-order valence-corrected chi connectivity index (χ2v) is 13.5. The van der Waals surface area contributed by atoms with Gasteiger partial charge in [0, 0.05) is 16.2 Å². The molecule has 1 aromatic heterocycles. The van der Waals surface area contributed by atoms with Crippen LogP contribution in [0.15, 0.2) is 170 Å². The van der Waals surface area contributed by atoms with Gasteiger partial charge in [-0.2, -0.15) is 5.26 Å². The molecular formula is C49H28N2. The standard InChI is InChI=1S/C49H28N2/c50-29-30-27-33-23-24-42-41(25-26-44-49(42)46(33)45(28-30)51(44)43-22-10-14-32-12-2-4-16-35(32)43)48-39-19-7-5-17-37(39)47(38-18-6-8-20-40(38)48)36-21-9-13-31-11-1-3-15-34(31)36/h1-28H. The van der Waals surface area contributed by atoms with E-state index in [0.29, 0.717) is 5.56 Å². The van der Waals surface area contributed by atoms with Gasteiger partial charge < -0.3 is 4.57 Å². The van der Waals surface area contributed by atoms with Crippen LogP contribution < -0.4 is 0 Å². The first-order valence-corrected chi connectivity index (χ1v) is 17.4. The topological polar surface area (TPSA) is 28.7 Å². The Morgan fingerprint density at radius 2 is 0.922 bits per heavy atom. The third kappa shape index (κ3) is 3.86. The molecule has 0 fully saturated rings. The molecule has 0 amide bonds. The number of hydrogen-bond acceptors (Lipinski definition) is 1. The molecule has 0 atom stereocenters. The lowest BCUT2D eigenvalue weighted by molar-refractivity contribution is 1.20. The maximum atomic E-state index is 10.1. The molecule has 2 nitrogen and oxygen atoms in total. The average Bonchev–Trinajstić information content (AvgIpc) is 3.53. The van der Waals surface area contributed by atoms with Crippen LogP contribution in [0.25, 0.3) is 104 Å². The maximum absolute atomic E-state index is 10.1. The van der Waals surface area contributed by atoms with Crippen molar-refractivity contribution in [3.05, 3.63) is 175 Å². The molecule has 0 N–H and O–H groups in total. The van der Waals surface area contributed by atoms with Crippen LogP contribution in [0.1, 0.15) is 5.56 Å². The molecule has 0 aliphatic heterocycles. The van der Waals surface area contributed by atoms with Gasteiger partial charge in [0.05, 0.1) is 28.4 Å². The Morgan fingerprint density at radius 1 is 0.373 bits per heavy atom. The van der Waals surface area contributed by atoms with Crippen molar-refractivity contribution < 1.29 is 0 Å². The molecule has 1 heterocycles. The zero-order valence-corrected chi connectivity index (χ0v) is 27.6. The number of nitrogens with zero attached hydrogens (tertiary/aromatic N) is 2. The third-order valence-corrected chi connectivity index (χ3v) is 10.9. The minimum Gasteiger partial charge on any atom is -0.309 e. The van der Waals surface area contributed by atoms with E-state index < -0.39 is 0 Å². The fraction of sp³-hybridized carbons (Fsp3) is 0. The molecule has 0 saturated heterocycles. The Morgan fingerprint density at radius 3 is 1.59 bits per heavy atom. The van der Waals surface area contributed by atoms with E-state index in [1.54, 1.807) is 0 Å². The fourth-order valence-electron chi connectivity index (χ4n) is 8.86. The summed E-state index contributed by atoms with van der Waals surface area (Å²) in [5, 5.41) is 24.6. The van der Waals surface area contributed by atoms with Crippen molar-refractivity contribution in [2.75, 3.05) is 0 Å². The highest BCUT2D eigenvalue weighted by Crippen LogP contribution is 2.49. The number of fused-ring (bicyclic) bond motifs is 4. The van der Waals surface area contributed by atoms with Gasteiger partial charge in [0.25, 0.3) is 0 Å². The van der Waals surface area contributed by atoms with E-state index in [9.17, 15) is 5.26 Å². The summed E-state index contributed by atoms with van der Waals surface area (Å²) in [5.41, 5.74) is 8.95. The Hall–Kier alpha value is -6.95. The van der Waals surface area contributed by atoms with Crippen molar-refractivity contribution in [2.45, 2.75) is 0 Å². The normalized spacial score (nSPS) is 11.9. The molecule has 0 unspecified atom stereocenters. The van der Waals surface area contributed by atoms with Crippen molar-refractivity contribution in [3.63, 3.8) is 0 Å². The maximum Gasteiger partial charge on any atom is 0.0992 e. The van der Waals surface area contributed by atoms with Gasteiger partial charge in [-0.05, 0) is 95.0 Å². The molecule has 0 spiro atoms. The summed E-state index contributed by atoms with van der Waals surface area (Å²) in [4.78, 5) is 0. The summed E-state index contributed by atoms with van der Waals surface area (Å²) < 4.78 is 2.37. The molecule has 0 aliphatic carbocycles. The molecule has 10 aromatic carbocycles. The van der Waals surface area contributed by atoms with Crippen LogP contribution in [0.4, 0.5) is 0 Å². The summed E-state index contributed by atoms with van der Waals surface area (Å²) in [6.07, 6.45) is 0. The third-order valence-electron chi connectivity index (χ3n) is 10.9. The zero-order chi connectivity index (χ0) is 33.6. The van der Waals surface area contributed by atoms with Crippen LogP contribution in [0.5, 0.6) is 0 Å². The highest BCUT2D eigenvalue weighted by molar-refractivity contribution is 6.31. The lowest BCUT2D eigenvalue weighted by Crippen LogP contribution is -1.96. The van der Waals surface area contributed by atoms with E-state index >= 15 is 0 Å². The van der Waals surface area contributed by atoms with Gasteiger partial charge in [0.15, 0.2) is 0 Å². The van der Waals surface area contributed by atoms with Gasteiger partial charge in [-0.3, -0.25) is 0 Å². The van der Waals surface area contributed by atoms with E-state index in [1.165, 1.54) is 81.5 Å². The number of rotatable bonds is 3. The predicted octanol–water partition coefficient (Wildman–Crippen LogP) is 13.2. The van der Waals surface area contributed by atoms with Crippen molar-refractivity contribution in [1.82, 2.24) is 4.57 Å². The SMILES string of the molecule is N#Cc1cc2ccc3c(-c4c5ccccc5c(-c5cccc6ccccc56)c5ccccc45)ccc4c3c2c(c1)n4-c1cccc2ccccc12. The Kier molecular flexibility index (Phi) is 5.77. The second-order valence-electron chi connectivity index (χ2n) is 13.5. The highest BCUT2D eigenvalue weighted by atomic mass is 15.0. The number of nitriles is 1. The van der Waals surface area contributed by atoms with Crippen LogP contribution in [-0.4, -0.2) is 4.57 Å². The minimum absolute atomic E-state index is 0.663. The molecule has 0 aliphatic rings. The lowest BCUT2D eigenvalue weighted by Gasteiger charge is -2.20. The van der Waals surface area contributed by atoms with Crippen LogP contribution in [0.2, 0.25) is 0 Å². The van der Waals surface area contributed by atoms with Crippen LogP contribution >= 0.6 is 0 Å². The summed E-state index contributed by atoms with van der Waals surface area (Å²) >= 11 is 0. The van der Waals surface area contributed by atoms with Gasteiger partial charge in [0.1, 0.15) is 0 Å². The molecule has 0 bridgehead atoms. The second kappa shape index (κ2) is 10.5. The number of hydrogen-bond donors (Lipinski definition) is 0. The highest BCUT2D eigenvalue weighted by Gasteiger charge is 2.23. The first-order valence-electron chi connectivity index (χ1n) is 17.4. The van der Waals surface area contributed by atoms with Gasteiger partial charge in [-0.25, -0.2) is 0 Å². The molecule has 51 heavy (non-hydrogen) atoms. The van der Waals surface area contributed by atoms with Gasteiger partial charge in [-0.1, -0.05) is 146 Å². The Labute approximate surface area is 294 Å². The van der Waals surface area contributed by atoms with E-state index in [2.05, 4.69) is 174 Å². The molecule has 11 rings (SSSR count). The summed E-state index contributed by atoms with van der Waals surface area (Å²) in [7, 11) is 0. The summed E-state index contributed by atoms with van der Waals surface area (Å²) in [5.74, 6) is 0. The van der Waals surface area contributed by atoms with Crippen molar-refractivity contribution in [2.24, 2.45) is 0 Å². The molecule has 0 radical (unpaired) electrons. The van der Waals surface area contributed by atoms with E-state index in [1.807, 2.05) is 6.07 Å². The Bertz CT molecular complexity index is 3200. The molecule has 11 aromatic rings. The van der Waals surface area contributed by atoms with Gasteiger partial charge >= 0.3 is 0 Å². The van der Waals surface area contributed by atoms with Gasteiger partial charge in [-0.15, -0.1) is 0 Å². The van der Waals surface area contributed by atoms with Crippen LogP contribution in [0, 0.1) is 11.3 Å². The Balaban J connectivity index is 1.29. The fourth-order valence-corrected chi connectivity index (χ4v) is 8.86. The average molecular weight is 645 g/mol. The van der Waals surface area contributed by atoms with E-state index in [-0.39, 0.29) is 0 Å². The van der Waals surface area contributed by atoms with E-state index in [0.717, 1.165) is 22.1 Å². The van der Waals surface area contributed by atoms with Crippen molar-refractivity contribution in [1.29, 1.82) is 5.26 Å². The van der Waals surface area contributed by atoms with Crippen molar-refractivity contribution in [3.8, 4) is 34.0 Å². The minimum atomic E-state index is 0.663.